The van der Waals surface area contributed by atoms with Gasteiger partial charge >= 0.3 is 0 Å². The average Bonchev–Trinajstić information content (AvgIpc) is 3.27. The molecule has 170 valence electrons. The van der Waals surface area contributed by atoms with Crippen LogP contribution in [0.5, 0.6) is 11.5 Å². The van der Waals surface area contributed by atoms with Crippen LogP contribution >= 0.6 is 11.3 Å². The molecular weight excluding hydrogens is 426 g/mol. The standard InChI is InChI=1S/C24H29N3O4S/c1-3-31-20-9-5-10-21-22(20)25-24(32-21)27(12-6-11-26-13-15-30-16-14-26)23(28)18-7-4-8-19(17-18)29-2/h4-5,7-10,17H,3,6,11-16H2,1-2H3. The molecule has 2 aromatic carbocycles. The summed E-state index contributed by atoms with van der Waals surface area (Å²) in [7, 11) is 1.60. The van der Waals surface area contributed by atoms with E-state index >= 15 is 0 Å². The third-order valence-corrected chi connectivity index (χ3v) is 6.47. The van der Waals surface area contributed by atoms with E-state index in [1.54, 1.807) is 18.1 Å². The average molecular weight is 456 g/mol. The number of methoxy groups -OCH3 is 1. The second kappa shape index (κ2) is 10.8. The zero-order valence-corrected chi connectivity index (χ0v) is 19.4. The fourth-order valence-corrected chi connectivity index (χ4v) is 4.78. The van der Waals surface area contributed by atoms with Crippen molar-refractivity contribution >= 4 is 32.6 Å². The molecule has 8 heteroatoms. The van der Waals surface area contributed by atoms with Gasteiger partial charge in [-0.2, -0.15) is 0 Å². The summed E-state index contributed by atoms with van der Waals surface area (Å²) in [5.74, 6) is 1.32. The minimum Gasteiger partial charge on any atom is -0.497 e. The van der Waals surface area contributed by atoms with Gasteiger partial charge in [0.05, 0.1) is 31.6 Å². The number of hydrogen-bond donors (Lipinski definition) is 0. The van der Waals surface area contributed by atoms with Gasteiger partial charge in [0.2, 0.25) is 0 Å². The number of anilines is 1. The molecule has 0 atom stereocenters. The Morgan fingerprint density at radius 3 is 2.81 bits per heavy atom. The lowest BCUT2D eigenvalue weighted by atomic mass is 10.2. The van der Waals surface area contributed by atoms with Gasteiger partial charge in [0.25, 0.3) is 5.91 Å². The van der Waals surface area contributed by atoms with Crippen LogP contribution in [0.2, 0.25) is 0 Å². The molecule has 0 radical (unpaired) electrons. The Morgan fingerprint density at radius 1 is 1.22 bits per heavy atom. The van der Waals surface area contributed by atoms with E-state index in [9.17, 15) is 4.79 Å². The Labute approximate surface area is 192 Å². The quantitative estimate of drug-likeness (QED) is 0.485. The maximum absolute atomic E-state index is 13.6. The van der Waals surface area contributed by atoms with Crippen molar-refractivity contribution < 1.29 is 19.0 Å². The highest BCUT2D eigenvalue weighted by Crippen LogP contribution is 2.35. The van der Waals surface area contributed by atoms with Crippen molar-refractivity contribution in [3.63, 3.8) is 0 Å². The van der Waals surface area contributed by atoms with Gasteiger partial charge in [0.15, 0.2) is 5.13 Å². The van der Waals surface area contributed by atoms with Crippen molar-refractivity contribution in [1.82, 2.24) is 9.88 Å². The molecule has 2 heterocycles. The monoisotopic (exact) mass is 455 g/mol. The Bertz CT molecular complexity index is 1050. The summed E-state index contributed by atoms with van der Waals surface area (Å²) in [6, 6.07) is 13.2. The Balaban J connectivity index is 1.61. The molecule has 0 N–H and O–H groups in total. The Morgan fingerprint density at radius 2 is 2.03 bits per heavy atom. The summed E-state index contributed by atoms with van der Waals surface area (Å²) < 4.78 is 17.5. The van der Waals surface area contributed by atoms with Gasteiger partial charge in [0, 0.05) is 31.7 Å². The Kier molecular flexibility index (Phi) is 7.57. The van der Waals surface area contributed by atoms with Crippen LogP contribution < -0.4 is 14.4 Å². The normalized spacial score (nSPS) is 14.4. The van der Waals surface area contributed by atoms with Crippen molar-refractivity contribution in [3.8, 4) is 11.5 Å². The summed E-state index contributed by atoms with van der Waals surface area (Å²) in [5.41, 5.74) is 1.38. The third-order valence-electron chi connectivity index (χ3n) is 5.42. The highest BCUT2D eigenvalue weighted by atomic mass is 32.1. The van der Waals surface area contributed by atoms with Gasteiger partial charge in [-0.3, -0.25) is 14.6 Å². The topological polar surface area (TPSA) is 64.1 Å². The number of fused-ring (bicyclic) bond motifs is 1. The molecule has 1 amide bonds. The molecule has 1 fully saturated rings. The number of hydrogen-bond acceptors (Lipinski definition) is 7. The molecule has 0 spiro atoms. The molecule has 1 aromatic heterocycles. The van der Waals surface area contributed by atoms with Crippen LogP contribution in [-0.4, -0.2) is 68.9 Å². The fourth-order valence-electron chi connectivity index (χ4n) is 3.77. The molecule has 32 heavy (non-hydrogen) atoms. The first-order valence-electron chi connectivity index (χ1n) is 11.0. The number of rotatable bonds is 9. The van der Waals surface area contributed by atoms with Crippen LogP contribution in [0.1, 0.15) is 23.7 Å². The smallest absolute Gasteiger partial charge is 0.260 e. The van der Waals surface area contributed by atoms with E-state index in [-0.39, 0.29) is 5.91 Å². The van der Waals surface area contributed by atoms with Gasteiger partial charge in [-0.05, 0) is 43.7 Å². The van der Waals surface area contributed by atoms with Crippen LogP contribution in [-0.2, 0) is 4.74 Å². The fraction of sp³-hybridized carbons (Fsp3) is 0.417. The minimum absolute atomic E-state index is 0.0807. The number of aromatic nitrogens is 1. The maximum Gasteiger partial charge on any atom is 0.260 e. The van der Waals surface area contributed by atoms with Crippen molar-refractivity contribution in [3.05, 3.63) is 48.0 Å². The molecule has 1 saturated heterocycles. The molecule has 1 aliphatic heterocycles. The van der Waals surface area contributed by atoms with Crippen LogP contribution in [0.4, 0.5) is 5.13 Å². The lowest BCUT2D eigenvalue weighted by molar-refractivity contribution is 0.0376. The highest BCUT2D eigenvalue weighted by Gasteiger charge is 2.23. The van der Waals surface area contributed by atoms with E-state index in [1.807, 2.05) is 43.3 Å². The molecule has 3 aromatic rings. The molecule has 0 bridgehead atoms. The summed E-state index contributed by atoms with van der Waals surface area (Å²) in [6.07, 6.45) is 0.851. The number of morpholine rings is 1. The van der Waals surface area contributed by atoms with E-state index < -0.39 is 0 Å². The van der Waals surface area contributed by atoms with Crippen LogP contribution in [0, 0.1) is 0 Å². The van der Waals surface area contributed by atoms with Crippen molar-refractivity contribution in [1.29, 1.82) is 0 Å². The zero-order valence-electron chi connectivity index (χ0n) is 18.6. The SMILES string of the molecule is CCOc1cccc2sc(N(CCCN3CCOCC3)C(=O)c3cccc(OC)c3)nc12. The molecule has 0 aliphatic carbocycles. The number of amides is 1. The lowest BCUT2D eigenvalue weighted by Crippen LogP contribution is -2.39. The first-order chi connectivity index (χ1) is 15.7. The van der Waals surface area contributed by atoms with Gasteiger partial charge in [0.1, 0.15) is 17.0 Å². The van der Waals surface area contributed by atoms with Gasteiger partial charge in [-0.15, -0.1) is 0 Å². The van der Waals surface area contributed by atoms with E-state index in [4.69, 9.17) is 19.2 Å². The van der Waals surface area contributed by atoms with Gasteiger partial charge < -0.3 is 14.2 Å². The van der Waals surface area contributed by atoms with Crippen LogP contribution in [0.25, 0.3) is 10.2 Å². The molecule has 0 saturated carbocycles. The third kappa shape index (κ3) is 5.20. The second-order valence-electron chi connectivity index (χ2n) is 7.53. The minimum atomic E-state index is -0.0807. The number of nitrogens with zero attached hydrogens (tertiary/aromatic N) is 3. The van der Waals surface area contributed by atoms with E-state index in [2.05, 4.69) is 4.90 Å². The molecule has 0 unspecified atom stereocenters. The van der Waals surface area contributed by atoms with E-state index in [1.165, 1.54) is 11.3 Å². The molecule has 1 aliphatic rings. The maximum atomic E-state index is 13.6. The zero-order chi connectivity index (χ0) is 22.3. The van der Waals surface area contributed by atoms with Gasteiger partial charge in [-0.25, -0.2) is 4.98 Å². The van der Waals surface area contributed by atoms with Crippen molar-refractivity contribution in [2.45, 2.75) is 13.3 Å². The largest absolute Gasteiger partial charge is 0.497 e. The predicted molar refractivity (Wildman–Crippen MR) is 127 cm³/mol. The van der Waals surface area contributed by atoms with Gasteiger partial charge in [-0.1, -0.05) is 23.5 Å². The predicted octanol–water partition coefficient (Wildman–Crippen LogP) is 4.07. The van der Waals surface area contributed by atoms with Crippen LogP contribution in [0.3, 0.4) is 0 Å². The lowest BCUT2D eigenvalue weighted by Gasteiger charge is -2.27. The van der Waals surface area contributed by atoms with E-state index in [0.29, 0.717) is 29.6 Å². The summed E-state index contributed by atoms with van der Waals surface area (Å²) in [6.45, 7) is 7.42. The number of carbonyl (C=O) groups excluding carboxylic acids is 1. The van der Waals surface area contributed by atoms with Crippen molar-refractivity contribution in [2.24, 2.45) is 0 Å². The summed E-state index contributed by atoms with van der Waals surface area (Å²) >= 11 is 1.51. The number of thiazole rings is 1. The molecular formula is C24H29N3O4S. The second-order valence-corrected chi connectivity index (χ2v) is 8.54. The highest BCUT2D eigenvalue weighted by molar-refractivity contribution is 7.22. The first-order valence-corrected chi connectivity index (χ1v) is 11.8. The molecule has 7 nitrogen and oxygen atoms in total. The number of carbonyl (C=O) groups is 1. The summed E-state index contributed by atoms with van der Waals surface area (Å²) in [4.78, 5) is 22.5. The number of benzene rings is 2. The number of ether oxygens (including phenoxy) is 3. The Hall–Kier alpha value is -2.68. The summed E-state index contributed by atoms with van der Waals surface area (Å²) in [5, 5.41) is 0.682. The van der Waals surface area contributed by atoms with Crippen LogP contribution in [0.15, 0.2) is 42.5 Å². The molecule has 4 rings (SSSR count). The van der Waals surface area contributed by atoms with E-state index in [0.717, 1.165) is 55.2 Å². The van der Waals surface area contributed by atoms with Crippen molar-refractivity contribution in [2.75, 3.05) is 58.0 Å². The number of para-hydroxylation sites is 1. The first kappa shape index (κ1) is 22.5.